The molecule has 4 aromatic heterocycles. The Bertz CT molecular complexity index is 2090. The third-order valence-electron chi connectivity index (χ3n) is 7.19. The highest BCUT2D eigenvalue weighted by atomic mass is 19.1. The second-order valence-electron chi connectivity index (χ2n) is 10.5. The molecule has 51 heavy (non-hydrogen) atoms. The molecule has 19 heteroatoms. The highest BCUT2D eigenvalue weighted by molar-refractivity contribution is 6.07. The van der Waals surface area contributed by atoms with Crippen molar-refractivity contribution in [1.82, 2.24) is 40.1 Å². The van der Waals surface area contributed by atoms with Crippen LogP contribution in [0.2, 0.25) is 0 Å². The Hall–Kier alpha value is -7.44. The van der Waals surface area contributed by atoms with Crippen LogP contribution in [0.3, 0.4) is 0 Å². The van der Waals surface area contributed by atoms with Crippen molar-refractivity contribution in [3.63, 3.8) is 0 Å². The Kier molecular flexibility index (Phi) is 9.42. The number of nitrogens with zero attached hydrogens (tertiary/aromatic N) is 7. The van der Waals surface area contributed by atoms with Crippen LogP contribution in [0.1, 0.15) is 47.3 Å². The van der Waals surface area contributed by atoms with E-state index in [1.54, 1.807) is 17.0 Å². The topological polar surface area (TPSA) is 240 Å². The fraction of sp³-hybridized carbons (Fsp3) is 0.0625. The smallest absolute Gasteiger partial charge is 0.337 e. The van der Waals surface area contributed by atoms with Crippen molar-refractivity contribution in [3.8, 4) is 22.8 Å². The fourth-order valence-electron chi connectivity index (χ4n) is 4.66. The van der Waals surface area contributed by atoms with Gasteiger partial charge in [0.05, 0.1) is 41.0 Å². The number of aromatic amines is 1. The second-order valence-corrected chi connectivity index (χ2v) is 10.5. The van der Waals surface area contributed by atoms with Crippen LogP contribution in [-0.4, -0.2) is 80.7 Å². The van der Waals surface area contributed by atoms with E-state index in [9.17, 15) is 38.2 Å². The van der Waals surface area contributed by atoms with Crippen molar-refractivity contribution < 1.29 is 42.9 Å². The lowest BCUT2D eigenvalue weighted by Gasteiger charge is -2.14. The molecule has 0 saturated heterocycles. The molecule has 2 amide bonds. The van der Waals surface area contributed by atoms with Gasteiger partial charge in [-0.05, 0) is 48.0 Å². The van der Waals surface area contributed by atoms with Gasteiger partial charge in [0, 0.05) is 36.6 Å². The molecule has 0 spiro atoms. The van der Waals surface area contributed by atoms with Crippen LogP contribution in [0.5, 0.6) is 5.75 Å². The molecule has 0 bridgehead atoms. The van der Waals surface area contributed by atoms with Gasteiger partial charge in [-0.1, -0.05) is 0 Å². The molecule has 0 fully saturated rings. The Labute approximate surface area is 284 Å². The molecule has 0 saturated carbocycles. The largest absolute Gasteiger partial charge is 0.490 e. The van der Waals surface area contributed by atoms with E-state index < -0.39 is 58.9 Å². The summed E-state index contributed by atoms with van der Waals surface area (Å²) < 4.78 is 36.9. The lowest BCUT2D eigenvalue weighted by atomic mass is 10.1. The number of hydrogen-bond acceptors (Lipinski definition) is 11. The first-order chi connectivity index (χ1) is 24.6. The lowest BCUT2D eigenvalue weighted by molar-refractivity contribution is 0.0686. The second kappa shape index (κ2) is 14.4. The summed E-state index contributed by atoms with van der Waals surface area (Å²) in [5, 5.41) is 46.0. The van der Waals surface area contributed by atoms with Crippen LogP contribution >= 0.6 is 0 Å². The molecule has 0 atom stereocenters. The number of aromatic carboxylic acids is 2. The maximum Gasteiger partial charge on any atom is 0.337 e. The van der Waals surface area contributed by atoms with Crippen molar-refractivity contribution in [3.05, 3.63) is 119 Å². The van der Waals surface area contributed by atoms with Gasteiger partial charge < -0.3 is 25.6 Å². The molecule has 0 aliphatic rings. The van der Waals surface area contributed by atoms with Gasteiger partial charge >= 0.3 is 11.9 Å². The number of carboxylic acid groups (broad SMARTS) is 2. The van der Waals surface area contributed by atoms with E-state index in [4.69, 9.17) is 4.74 Å². The van der Waals surface area contributed by atoms with Gasteiger partial charge in [-0.2, -0.15) is 5.10 Å². The van der Waals surface area contributed by atoms with Crippen LogP contribution in [0, 0.1) is 11.6 Å². The minimum Gasteiger partial charge on any atom is -0.490 e. The number of carboxylic acids is 2. The first-order valence-corrected chi connectivity index (χ1v) is 14.6. The number of anilines is 2. The molecule has 4 heterocycles. The minimum absolute atomic E-state index is 0.106. The van der Waals surface area contributed by atoms with Gasteiger partial charge in [-0.25, -0.2) is 23.4 Å². The molecule has 2 aromatic carbocycles. The first-order valence-electron chi connectivity index (χ1n) is 14.6. The molecule has 0 aliphatic carbocycles. The lowest BCUT2D eigenvalue weighted by Crippen LogP contribution is -2.18. The quantitative estimate of drug-likeness (QED) is 0.123. The fourth-order valence-corrected chi connectivity index (χ4v) is 4.66. The molecule has 6 rings (SSSR count). The standard InChI is InChI=1S/C32H22F2N10O7/c33-20-10-18(31(47)48)25(38-30(46)24-3-4-28(43-42-24)44-7-6-35-15-44)9-16(20)5-8-51-27-12-26(19(32(49)50)11-21(27)34)39-29(45)23-2-1-22(40-41-23)17-13-36-37-14-17/h1-4,6-7,9-15H,5,8H2,(H,36,37)(H,38,46)(H,39,45)(H,47,48)(H,49,50). The zero-order valence-electron chi connectivity index (χ0n) is 25.7. The molecule has 0 radical (unpaired) electrons. The maximum atomic E-state index is 15.0. The number of benzene rings is 2. The van der Waals surface area contributed by atoms with Gasteiger partial charge in [0.1, 0.15) is 12.1 Å². The number of imidazole rings is 1. The Morgan fingerprint density at radius 3 is 2.06 bits per heavy atom. The van der Waals surface area contributed by atoms with Gasteiger partial charge in [0.25, 0.3) is 11.8 Å². The Balaban J connectivity index is 1.16. The van der Waals surface area contributed by atoms with Crippen LogP contribution in [-0.2, 0) is 6.42 Å². The number of H-pyrrole nitrogens is 1. The molecule has 0 unspecified atom stereocenters. The van der Waals surface area contributed by atoms with Crippen LogP contribution in [0.15, 0.2) is 79.6 Å². The van der Waals surface area contributed by atoms with Crippen molar-refractivity contribution >= 4 is 35.1 Å². The third kappa shape index (κ3) is 7.51. The molecular formula is C32H22F2N10O7. The van der Waals surface area contributed by atoms with E-state index in [-0.39, 0.29) is 34.7 Å². The number of ether oxygens (including phenoxy) is 1. The van der Waals surface area contributed by atoms with E-state index in [0.29, 0.717) is 29.2 Å². The Morgan fingerprint density at radius 2 is 1.49 bits per heavy atom. The van der Waals surface area contributed by atoms with E-state index in [0.717, 1.165) is 12.1 Å². The SMILES string of the molecule is O=C(Nc1cc(OCCc2cc(NC(=O)c3ccc(-n4ccnc4)nn3)c(C(=O)O)cc2F)c(F)cc1C(=O)O)c1ccc(-c2cn[nH]c2)nn1. The number of halogens is 2. The first kappa shape index (κ1) is 33.5. The molecule has 5 N–H and O–H groups in total. The number of hydrogen-bond donors (Lipinski definition) is 5. The van der Waals surface area contributed by atoms with Crippen molar-refractivity contribution in [2.45, 2.75) is 6.42 Å². The van der Waals surface area contributed by atoms with Crippen LogP contribution in [0.4, 0.5) is 20.2 Å². The van der Waals surface area contributed by atoms with Gasteiger partial charge in [-0.15, -0.1) is 20.4 Å². The van der Waals surface area contributed by atoms with Gasteiger partial charge in [0.15, 0.2) is 28.8 Å². The third-order valence-corrected chi connectivity index (χ3v) is 7.19. The number of carbonyl (C=O) groups is 4. The highest BCUT2D eigenvalue weighted by Gasteiger charge is 2.21. The zero-order valence-corrected chi connectivity index (χ0v) is 25.7. The van der Waals surface area contributed by atoms with Crippen LogP contribution in [0.25, 0.3) is 17.1 Å². The molecule has 17 nitrogen and oxygen atoms in total. The summed E-state index contributed by atoms with van der Waals surface area (Å²) in [7, 11) is 0. The number of carbonyl (C=O) groups excluding carboxylic acids is 2. The summed E-state index contributed by atoms with van der Waals surface area (Å²) in [6.07, 6.45) is 7.43. The van der Waals surface area contributed by atoms with Crippen molar-refractivity contribution in [2.24, 2.45) is 0 Å². The summed E-state index contributed by atoms with van der Waals surface area (Å²) in [6, 6.07) is 9.06. The number of amides is 2. The predicted molar refractivity (Wildman–Crippen MR) is 171 cm³/mol. The van der Waals surface area contributed by atoms with Gasteiger partial charge in [0.2, 0.25) is 0 Å². The van der Waals surface area contributed by atoms with Crippen molar-refractivity contribution in [1.29, 1.82) is 0 Å². The van der Waals surface area contributed by atoms with E-state index in [2.05, 4.69) is 46.2 Å². The molecule has 0 aliphatic heterocycles. The Morgan fingerprint density at radius 1 is 0.824 bits per heavy atom. The molecule has 6 aromatic rings. The van der Waals surface area contributed by atoms with Crippen LogP contribution < -0.4 is 15.4 Å². The summed E-state index contributed by atoms with van der Waals surface area (Å²) in [5.74, 6) is -6.91. The summed E-state index contributed by atoms with van der Waals surface area (Å²) >= 11 is 0. The molecular weight excluding hydrogens is 674 g/mol. The van der Waals surface area contributed by atoms with E-state index in [1.165, 1.54) is 43.0 Å². The summed E-state index contributed by atoms with van der Waals surface area (Å²) in [5.41, 5.74) is -1.13. The normalized spacial score (nSPS) is 10.8. The van der Waals surface area contributed by atoms with Gasteiger partial charge in [-0.3, -0.25) is 19.3 Å². The number of aromatic nitrogens is 8. The number of rotatable bonds is 12. The summed E-state index contributed by atoms with van der Waals surface area (Å²) in [6.45, 7) is -0.393. The minimum atomic E-state index is -1.55. The maximum absolute atomic E-state index is 15.0. The van der Waals surface area contributed by atoms with Crippen molar-refractivity contribution in [2.75, 3.05) is 17.2 Å². The predicted octanol–water partition coefficient (Wildman–Crippen LogP) is 3.64. The molecule has 256 valence electrons. The summed E-state index contributed by atoms with van der Waals surface area (Å²) in [4.78, 5) is 53.3. The highest BCUT2D eigenvalue weighted by Crippen LogP contribution is 2.28. The number of nitrogens with one attached hydrogen (secondary N) is 3. The zero-order chi connectivity index (χ0) is 36.1. The average Bonchev–Trinajstić information content (AvgIpc) is 3.86. The van der Waals surface area contributed by atoms with E-state index >= 15 is 0 Å². The average molecular weight is 697 g/mol. The van der Waals surface area contributed by atoms with E-state index in [1.807, 2.05) is 0 Å². The monoisotopic (exact) mass is 696 g/mol.